The number of benzene rings is 2. The van der Waals surface area contributed by atoms with E-state index in [9.17, 15) is 0 Å². The van der Waals surface area contributed by atoms with Gasteiger partial charge in [-0.25, -0.2) is 14.6 Å². The summed E-state index contributed by atoms with van der Waals surface area (Å²) in [7, 11) is 2.25. The number of aliphatic imine (C=N–C) groups is 1. The number of fused-ring (bicyclic) bond motifs is 2. The van der Waals surface area contributed by atoms with Gasteiger partial charge < -0.3 is 34.3 Å². The molecule has 5 aromatic rings. The van der Waals surface area contributed by atoms with E-state index in [4.69, 9.17) is 33.8 Å². The molecule has 13 heteroatoms. The molecule has 6 rings (SSSR count). The molecule has 3 aromatic heterocycles. The molecule has 1 aliphatic heterocycles. The third-order valence-electron chi connectivity index (χ3n) is 8.59. The lowest BCUT2D eigenvalue weighted by molar-refractivity contribution is 0.0818. The van der Waals surface area contributed by atoms with Crippen LogP contribution in [0.15, 0.2) is 78.0 Å². The van der Waals surface area contributed by atoms with Crippen LogP contribution in [0, 0.1) is 0 Å². The summed E-state index contributed by atoms with van der Waals surface area (Å²) in [5, 5.41) is 12.5. The van der Waals surface area contributed by atoms with E-state index in [2.05, 4.69) is 64.5 Å². The number of rotatable bonds is 19. The molecule has 0 fully saturated rings. The van der Waals surface area contributed by atoms with Crippen LogP contribution in [0.3, 0.4) is 0 Å². The summed E-state index contributed by atoms with van der Waals surface area (Å²) in [6.45, 7) is 16.9. The number of ether oxygens (including phenoxy) is 5. The number of aromatic nitrogens is 4. The summed E-state index contributed by atoms with van der Waals surface area (Å²) in [6.07, 6.45) is 3.60. The van der Waals surface area contributed by atoms with Crippen molar-refractivity contribution in [3.63, 3.8) is 0 Å². The highest BCUT2D eigenvalue weighted by Crippen LogP contribution is 2.32. The van der Waals surface area contributed by atoms with Crippen LogP contribution in [0.2, 0.25) is 25.7 Å². The van der Waals surface area contributed by atoms with Crippen LogP contribution in [-0.4, -0.2) is 93.9 Å². The normalized spacial score (nSPS) is 12.2. The van der Waals surface area contributed by atoms with Crippen molar-refractivity contribution in [1.82, 2.24) is 19.7 Å². The molecule has 288 valence electrons. The zero-order valence-corrected chi connectivity index (χ0v) is 33.8. The van der Waals surface area contributed by atoms with Gasteiger partial charge in [0.05, 0.1) is 44.2 Å². The first kappa shape index (κ1) is 40.4. The lowest BCUT2D eigenvalue weighted by Crippen LogP contribution is -2.22. The Labute approximate surface area is 320 Å². The molecule has 54 heavy (non-hydrogen) atoms. The van der Waals surface area contributed by atoms with Crippen molar-refractivity contribution in [3.05, 3.63) is 89.7 Å². The van der Waals surface area contributed by atoms with Crippen LogP contribution < -0.4 is 20.1 Å². The third-order valence-corrected chi connectivity index (χ3v) is 10.3. The maximum Gasteiger partial charge on any atom is 0.140 e. The van der Waals surface area contributed by atoms with E-state index in [1.165, 1.54) is 5.56 Å². The lowest BCUT2D eigenvalue weighted by atomic mass is 10.0. The minimum Gasteiger partial charge on any atom is -0.494 e. The van der Waals surface area contributed by atoms with Gasteiger partial charge >= 0.3 is 0 Å². The van der Waals surface area contributed by atoms with E-state index in [1.54, 1.807) is 26.6 Å². The second-order valence-corrected chi connectivity index (χ2v) is 19.5. The number of anilines is 2. The van der Waals surface area contributed by atoms with E-state index in [-0.39, 0.29) is 0 Å². The first-order valence-electron chi connectivity index (χ1n) is 18.6. The Balaban J connectivity index is 0.000000217. The van der Waals surface area contributed by atoms with Crippen molar-refractivity contribution < 1.29 is 23.7 Å². The number of hydrogen-bond donors (Lipinski definition) is 2. The quantitative estimate of drug-likeness (QED) is 0.0639. The van der Waals surface area contributed by atoms with E-state index in [0.29, 0.717) is 46.2 Å². The van der Waals surface area contributed by atoms with Crippen molar-refractivity contribution in [1.29, 1.82) is 0 Å². The van der Waals surface area contributed by atoms with E-state index >= 15 is 0 Å². The summed E-state index contributed by atoms with van der Waals surface area (Å²) in [5.41, 5.74) is 7.35. The topological polar surface area (TPSA) is 126 Å². The Morgan fingerprint density at radius 3 is 2.02 bits per heavy atom. The van der Waals surface area contributed by atoms with Gasteiger partial charge in [0.25, 0.3) is 0 Å². The SMILES string of the molecule is CCOc1ccc2c(c1)C(c1ccnc(NCCOC)c1)=NC2.CCOc1ccc2c(c1)c(-c1ccnc(NCCOC)c1)nn2COCC[Si](C)(C)C. The third kappa shape index (κ3) is 11.3. The molecule has 0 saturated heterocycles. The van der Waals surface area contributed by atoms with Crippen LogP contribution >= 0.6 is 0 Å². The molecular formula is C41H55N7O5Si. The van der Waals surface area contributed by atoms with Gasteiger partial charge in [0.2, 0.25) is 0 Å². The molecule has 4 heterocycles. The summed E-state index contributed by atoms with van der Waals surface area (Å²) in [4.78, 5) is 13.4. The second kappa shape index (κ2) is 20.0. The van der Waals surface area contributed by atoms with Gasteiger partial charge in [0, 0.05) is 76.5 Å². The van der Waals surface area contributed by atoms with Gasteiger partial charge in [0.1, 0.15) is 35.6 Å². The highest BCUT2D eigenvalue weighted by molar-refractivity contribution is 6.76. The van der Waals surface area contributed by atoms with E-state index in [1.807, 2.05) is 54.9 Å². The molecule has 0 saturated carbocycles. The summed E-state index contributed by atoms with van der Waals surface area (Å²) >= 11 is 0. The minimum atomic E-state index is -1.13. The summed E-state index contributed by atoms with van der Waals surface area (Å²) in [5.74, 6) is 3.34. The minimum absolute atomic E-state index is 0.430. The first-order chi connectivity index (χ1) is 26.2. The smallest absolute Gasteiger partial charge is 0.140 e. The van der Waals surface area contributed by atoms with Crippen LogP contribution in [0.1, 0.15) is 30.5 Å². The predicted octanol–water partition coefficient (Wildman–Crippen LogP) is 7.76. The van der Waals surface area contributed by atoms with E-state index in [0.717, 1.165) is 81.3 Å². The number of hydrogen-bond acceptors (Lipinski definition) is 11. The molecule has 2 N–H and O–H groups in total. The fraction of sp³-hybridized carbons (Fsp3) is 0.415. The molecule has 1 aliphatic rings. The standard InChI is InChI=1S/C23H34N4O3Si.C18H21N3O2/c1-6-30-19-7-8-21-20(16-19)23(26-27(21)17-29-13-14-31(3,4)5)18-9-10-24-22(15-18)25-11-12-28-2;1-3-23-15-5-4-14-12-21-18(16(14)11-15)13-6-7-19-17(10-13)20-8-9-22-2/h7-10,15-16H,6,11-14,17H2,1-5H3,(H,24,25);4-7,10-11H,3,8-9,12H2,1-2H3,(H,19,20). The fourth-order valence-electron chi connectivity index (χ4n) is 5.83. The highest BCUT2D eigenvalue weighted by Gasteiger charge is 2.19. The fourth-order valence-corrected chi connectivity index (χ4v) is 6.59. The van der Waals surface area contributed by atoms with Crippen molar-refractivity contribution in [2.75, 3.05) is 71.0 Å². The maximum absolute atomic E-state index is 5.99. The molecule has 0 bridgehead atoms. The van der Waals surface area contributed by atoms with Crippen molar-refractivity contribution >= 4 is 36.3 Å². The lowest BCUT2D eigenvalue weighted by Gasteiger charge is -2.15. The summed E-state index contributed by atoms with van der Waals surface area (Å²) < 4.78 is 29.4. The van der Waals surface area contributed by atoms with Crippen molar-refractivity contribution in [2.24, 2.45) is 4.99 Å². The molecule has 0 radical (unpaired) electrons. The molecule has 0 unspecified atom stereocenters. The molecule has 12 nitrogen and oxygen atoms in total. The van der Waals surface area contributed by atoms with Crippen LogP contribution in [-0.2, 0) is 27.5 Å². The highest BCUT2D eigenvalue weighted by atomic mass is 28.3. The average Bonchev–Trinajstić information content (AvgIpc) is 3.75. The molecule has 2 aromatic carbocycles. The van der Waals surface area contributed by atoms with Crippen molar-refractivity contribution in [2.45, 2.75) is 52.8 Å². The number of nitrogens with zero attached hydrogens (tertiary/aromatic N) is 5. The second-order valence-electron chi connectivity index (χ2n) is 13.9. The Bertz CT molecular complexity index is 1980. The molecular weight excluding hydrogens is 699 g/mol. The molecule has 0 aliphatic carbocycles. The van der Waals surface area contributed by atoms with Crippen LogP contribution in [0.5, 0.6) is 11.5 Å². The number of pyridine rings is 2. The van der Waals surface area contributed by atoms with Gasteiger partial charge in [-0.15, -0.1) is 0 Å². The zero-order chi connectivity index (χ0) is 38.3. The Morgan fingerprint density at radius 2 is 1.37 bits per heavy atom. The number of nitrogens with one attached hydrogen (secondary N) is 2. The van der Waals surface area contributed by atoms with Crippen LogP contribution in [0.4, 0.5) is 11.6 Å². The monoisotopic (exact) mass is 753 g/mol. The van der Waals surface area contributed by atoms with Crippen LogP contribution in [0.25, 0.3) is 22.2 Å². The average molecular weight is 754 g/mol. The van der Waals surface area contributed by atoms with Gasteiger partial charge in [-0.1, -0.05) is 25.7 Å². The largest absolute Gasteiger partial charge is 0.494 e. The molecule has 0 amide bonds. The zero-order valence-electron chi connectivity index (χ0n) is 32.8. The van der Waals surface area contributed by atoms with Crippen molar-refractivity contribution in [3.8, 4) is 22.8 Å². The van der Waals surface area contributed by atoms with E-state index < -0.39 is 8.07 Å². The van der Waals surface area contributed by atoms with Gasteiger partial charge in [-0.3, -0.25) is 4.99 Å². The van der Waals surface area contributed by atoms with Gasteiger partial charge in [0.15, 0.2) is 0 Å². The maximum atomic E-state index is 5.99. The predicted molar refractivity (Wildman–Crippen MR) is 220 cm³/mol. The Kier molecular flexibility index (Phi) is 15.0. The number of methoxy groups -OCH3 is 2. The molecule has 0 spiro atoms. The Morgan fingerprint density at radius 1 is 0.741 bits per heavy atom. The molecule has 0 atom stereocenters. The van der Waals surface area contributed by atoms with Gasteiger partial charge in [-0.05, 0) is 80.1 Å². The summed E-state index contributed by atoms with van der Waals surface area (Å²) in [6, 6.07) is 21.4. The Hall–Kier alpha value is -4.82. The first-order valence-corrected chi connectivity index (χ1v) is 22.3. The van der Waals surface area contributed by atoms with Gasteiger partial charge in [-0.2, -0.15) is 5.10 Å².